The number of amides is 1. The second-order valence-corrected chi connectivity index (χ2v) is 7.25. The lowest BCUT2D eigenvalue weighted by molar-refractivity contribution is -0.135. The van der Waals surface area contributed by atoms with E-state index in [0.29, 0.717) is 12.6 Å². The van der Waals surface area contributed by atoms with Gasteiger partial charge in [-0.25, -0.2) is 0 Å². The number of nitrogens with zero attached hydrogens (tertiary/aromatic N) is 2. The largest absolute Gasteiger partial charge is 0.391 e. The van der Waals surface area contributed by atoms with E-state index in [-0.39, 0.29) is 18.1 Å². The average molecular weight is 296 g/mol. The normalized spacial score (nSPS) is 34.0. The number of carbonyl (C=O) groups excluding carboxylic acids is 1. The van der Waals surface area contributed by atoms with Crippen LogP contribution in [-0.2, 0) is 4.79 Å². The summed E-state index contributed by atoms with van der Waals surface area (Å²) in [4.78, 5) is 16.5. The van der Waals surface area contributed by atoms with E-state index in [1.54, 1.807) is 0 Å². The minimum atomic E-state index is -0.266. The first kappa shape index (κ1) is 16.8. The molecule has 0 radical (unpaired) electrons. The van der Waals surface area contributed by atoms with E-state index in [4.69, 9.17) is 0 Å². The molecule has 4 nitrogen and oxygen atoms in total. The highest BCUT2D eigenvalue weighted by atomic mass is 16.3. The van der Waals surface area contributed by atoms with Crippen LogP contribution >= 0.6 is 0 Å². The Balaban J connectivity index is 1.82. The van der Waals surface area contributed by atoms with Crippen molar-refractivity contribution in [3.63, 3.8) is 0 Å². The third-order valence-electron chi connectivity index (χ3n) is 5.57. The lowest BCUT2D eigenvalue weighted by Crippen LogP contribution is -2.49. The van der Waals surface area contributed by atoms with Gasteiger partial charge in [-0.05, 0) is 51.5 Å². The number of likely N-dealkylation sites (N-methyl/N-ethyl adjacent to an activating group) is 2. The van der Waals surface area contributed by atoms with Gasteiger partial charge in [-0.15, -0.1) is 0 Å². The van der Waals surface area contributed by atoms with Gasteiger partial charge in [0, 0.05) is 19.1 Å². The molecule has 122 valence electrons. The first-order valence-electron chi connectivity index (χ1n) is 8.63. The van der Waals surface area contributed by atoms with Gasteiger partial charge in [0.05, 0.1) is 12.6 Å². The quantitative estimate of drug-likeness (QED) is 0.865. The van der Waals surface area contributed by atoms with E-state index >= 15 is 0 Å². The third-order valence-corrected chi connectivity index (χ3v) is 5.57. The van der Waals surface area contributed by atoms with Crippen molar-refractivity contribution in [2.75, 3.05) is 20.6 Å². The summed E-state index contributed by atoms with van der Waals surface area (Å²) in [5.41, 5.74) is 0. The Bertz CT molecular complexity index is 340. The van der Waals surface area contributed by atoms with Crippen molar-refractivity contribution in [3.05, 3.63) is 0 Å². The number of hydrogen-bond donors (Lipinski definition) is 1. The summed E-state index contributed by atoms with van der Waals surface area (Å²) in [5, 5.41) is 10.1. The van der Waals surface area contributed by atoms with Crippen molar-refractivity contribution in [1.82, 2.24) is 9.80 Å². The Kier molecular flexibility index (Phi) is 6.06. The molecule has 0 heterocycles. The van der Waals surface area contributed by atoms with Crippen molar-refractivity contribution in [2.24, 2.45) is 5.92 Å². The second kappa shape index (κ2) is 7.59. The Morgan fingerprint density at radius 1 is 1.05 bits per heavy atom. The van der Waals surface area contributed by atoms with Gasteiger partial charge in [-0.2, -0.15) is 0 Å². The summed E-state index contributed by atoms with van der Waals surface area (Å²) in [5.74, 6) is 1.01. The number of hydrogen-bond acceptors (Lipinski definition) is 3. The van der Waals surface area contributed by atoms with Crippen LogP contribution in [0.25, 0.3) is 0 Å². The fourth-order valence-electron chi connectivity index (χ4n) is 3.88. The van der Waals surface area contributed by atoms with Crippen molar-refractivity contribution < 1.29 is 9.90 Å². The lowest BCUT2D eigenvalue weighted by atomic mass is 9.86. The smallest absolute Gasteiger partial charge is 0.236 e. The van der Waals surface area contributed by atoms with E-state index in [2.05, 4.69) is 11.8 Å². The number of aliphatic hydroxyl groups is 1. The van der Waals surface area contributed by atoms with Gasteiger partial charge in [0.15, 0.2) is 0 Å². The first-order chi connectivity index (χ1) is 9.99. The molecule has 0 aliphatic heterocycles. The van der Waals surface area contributed by atoms with E-state index in [1.807, 2.05) is 19.0 Å². The van der Waals surface area contributed by atoms with Crippen LogP contribution in [0.15, 0.2) is 0 Å². The maximum atomic E-state index is 12.5. The Labute approximate surface area is 129 Å². The lowest BCUT2D eigenvalue weighted by Gasteiger charge is -2.38. The summed E-state index contributed by atoms with van der Waals surface area (Å²) in [6, 6.07) is 0.570. The standard InChI is InChI=1S/C17H32N2O2/c1-13-8-10-14(11-9-13)19(3)17(21)12-18(2)15-6-4-5-7-16(15)20/h13-16,20H,4-12H2,1-3H3. The summed E-state index contributed by atoms with van der Waals surface area (Å²) < 4.78 is 0. The van der Waals surface area contributed by atoms with Crippen LogP contribution in [0, 0.1) is 5.92 Å². The molecule has 0 aromatic heterocycles. The average Bonchev–Trinajstić information content (AvgIpc) is 2.47. The van der Waals surface area contributed by atoms with E-state index in [9.17, 15) is 9.90 Å². The molecule has 1 N–H and O–H groups in total. The predicted molar refractivity (Wildman–Crippen MR) is 85.1 cm³/mol. The zero-order valence-electron chi connectivity index (χ0n) is 13.9. The summed E-state index contributed by atoms with van der Waals surface area (Å²) in [7, 11) is 3.93. The maximum Gasteiger partial charge on any atom is 0.236 e. The zero-order chi connectivity index (χ0) is 15.4. The second-order valence-electron chi connectivity index (χ2n) is 7.25. The van der Waals surface area contributed by atoms with Crippen LogP contribution < -0.4 is 0 Å². The maximum absolute atomic E-state index is 12.5. The predicted octanol–water partition coefficient (Wildman–Crippen LogP) is 2.26. The Hall–Kier alpha value is -0.610. The van der Waals surface area contributed by atoms with Crippen LogP contribution in [0.2, 0.25) is 0 Å². The molecule has 0 bridgehead atoms. The monoisotopic (exact) mass is 296 g/mol. The van der Waals surface area contributed by atoms with Gasteiger partial charge >= 0.3 is 0 Å². The van der Waals surface area contributed by atoms with Crippen LogP contribution in [0.3, 0.4) is 0 Å². The van der Waals surface area contributed by atoms with Crippen LogP contribution in [-0.4, -0.2) is 59.6 Å². The third kappa shape index (κ3) is 4.43. The number of rotatable bonds is 4. The van der Waals surface area contributed by atoms with Gasteiger partial charge in [-0.3, -0.25) is 9.69 Å². The van der Waals surface area contributed by atoms with Gasteiger partial charge < -0.3 is 10.0 Å². The summed E-state index contributed by atoms with van der Waals surface area (Å²) >= 11 is 0. The van der Waals surface area contributed by atoms with Crippen LogP contribution in [0.5, 0.6) is 0 Å². The Morgan fingerprint density at radius 3 is 2.29 bits per heavy atom. The van der Waals surface area contributed by atoms with Crippen molar-refractivity contribution in [2.45, 2.75) is 76.5 Å². The van der Waals surface area contributed by atoms with E-state index in [1.165, 1.54) is 12.8 Å². The number of carbonyl (C=O) groups is 1. The molecule has 21 heavy (non-hydrogen) atoms. The minimum absolute atomic E-state index is 0.155. The minimum Gasteiger partial charge on any atom is -0.391 e. The Morgan fingerprint density at radius 2 is 1.67 bits per heavy atom. The van der Waals surface area contributed by atoms with Crippen molar-refractivity contribution in [1.29, 1.82) is 0 Å². The molecule has 0 aromatic carbocycles. The van der Waals surface area contributed by atoms with Crippen molar-refractivity contribution in [3.8, 4) is 0 Å². The molecule has 1 amide bonds. The van der Waals surface area contributed by atoms with Crippen LogP contribution in [0.1, 0.15) is 58.3 Å². The van der Waals surface area contributed by atoms with Gasteiger partial charge in [-0.1, -0.05) is 19.8 Å². The summed E-state index contributed by atoms with van der Waals surface area (Å²) in [6.07, 6.45) is 8.64. The molecule has 2 aliphatic carbocycles. The molecular formula is C17H32N2O2. The molecule has 2 unspecified atom stereocenters. The fourth-order valence-corrected chi connectivity index (χ4v) is 3.88. The van der Waals surface area contributed by atoms with E-state index in [0.717, 1.165) is 44.4 Å². The molecular weight excluding hydrogens is 264 g/mol. The summed E-state index contributed by atoms with van der Waals surface area (Å²) in [6.45, 7) is 2.74. The molecule has 0 spiro atoms. The van der Waals surface area contributed by atoms with Gasteiger partial charge in [0.2, 0.25) is 5.91 Å². The number of aliphatic hydroxyl groups excluding tert-OH is 1. The van der Waals surface area contributed by atoms with Gasteiger partial charge in [0.25, 0.3) is 0 Å². The molecule has 0 saturated heterocycles. The molecule has 2 aliphatic rings. The van der Waals surface area contributed by atoms with Gasteiger partial charge in [0.1, 0.15) is 0 Å². The molecule has 2 saturated carbocycles. The topological polar surface area (TPSA) is 43.8 Å². The first-order valence-corrected chi connectivity index (χ1v) is 8.63. The molecule has 4 heteroatoms. The molecule has 0 aromatic rings. The van der Waals surface area contributed by atoms with E-state index < -0.39 is 0 Å². The highest BCUT2D eigenvalue weighted by Crippen LogP contribution is 2.27. The highest BCUT2D eigenvalue weighted by molar-refractivity contribution is 5.78. The zero-order valence-corrected chi connectivity index (χ0v) is 13.9. The fraction of sp³-hybridized carbons (Fsp3) is 0.941. The highest BCUT2D eigenvalue weighted by Gasteiger charge is 2.30. The van der Waals surface area contributed by atoms with Crippen molar-refractivity contribution >= 4 is 5.91 Å². The SMILES string of the molecule is CC1CCC(N(C)C(=O)CN(C)C2CCCCC2O)CC1. The molecule has 2 rings (SSSR count). The molecule has 2 fully saturated rings. The van der Waals surface area contributed by atoms with Crippen LogP contribution in [0.4, 0.5) is 0 Å². The molecule has 2 atom stereocenters.